The average molecular weight is 238 g/mol. The Kier molecular flexibility index (Phi) is 4.78. The van der Waals surface area contributed by atoms with Crippen LogP contribution in [0.3, 0.4) is 0 Å². The Morgan fingerprint density at radius 1 is 1.41 bits per heavy atom. The predicted molar refractivity (Wildman–Crippen MR) is 65.0 cm³/mol. The van der Waals surface area contributed by atoms with Crippen LogP contribution in [0.2, 0.25) is 0 Å². The quantitative estimate of drug-likeness (QED) is 0.574. The molecule has 1 atom stereocenters. The molecule has 5 nitrogen and oxygen atoms in total. The number of amides is 1. The molecule has 0 aliphatic carbocycles. The molecule has 0 heterocycles. The largest absolute Gasteiger partial charge is 0.504 e. The Morgan fingerprint density at radius 3 is 2.71 bits per heavy atom. The lowest BCUT2D eigenvalue weighted by atomic mass is 10.1. The molecule has 0 spiro atoms. The summed E-state index contributed by atoms with van der Waals surface area (Å²) in [7, 11) is 0. The fraction of sp³-hybridized carbons (Fsp3) is 0.417. The van der Waals surface area contributed by atoms with Crippen molar-refractivity contribution >= 4 is 5.91 Å². The van der Waals surface area contributed by atoms with E-state index in [1.165, 1.54) is 18.2 Å². The van der Waals surface area contributed by atoms with E-state index in [1.54, 1.807) is 0 Å². The second-order valence-electron chi connectivity index (χ2n) is 3.96. The fourth-order valence-electron chi connectivity index (χ4n) is 1.46. The van der Waals surface area contributed by atoms with Gasteiger partial charge in [0.1, 0.15) is 0 Å². The fourth-order valence-corrected chi connectivity index (χ4v) is 1.46. The summed E-state index contributed by atoms with van der Waals surface area (Å²) in [6, 6.07) is 3.87. The molecule has 0 aromatic heterocycles. The predicted octanol–water partition coefficient (Wildman–Crippen LogP) is 0.955. The summed E-state index contributed by atoms with van der Waals surface area (Å²) in [4.78, 5) is 11.7. The van der Waals surface area contributed by atoms with Crippen LogP contribution in [0.1, 0.15) is 30.1 Å². The molecule has 0 fully saturated rings. The smallest absolute Gasteiger partial charge is 0.251 e. The molecule has 0 aliphatic heterocycles. The molecule has 1 amide bonds. The van der Waals surface area contributed by atoms with Crippen molar-refractivity contribution in [3.63, 3.8) is 0 Å². The summed E-state index contributed by atoms with van der Waals surface area (Å²) in [5, 5.41) is 21.0. The lowest BCUT2D eigenvalue weighted by Gasteiger charge is -2.11. The molecule has 1 aromatic rings. The maximum atomic E-state index is 11.7. The molecule has 1 rings (SSSR count). The molecule has 0 aliphatic rings. The van der Waals surface area contributed by atoms with Crippen LogP contribution in [0.5, 0.6) is 11.5 Å². The van der Waals surface area contributed by atoms with E-state index < -0.39 is 0 Å². The molecule has 17 heavy (non-hydrogen) atoms. The number of phenols is 2. The summed E-state index contributed by atoms with van der Waals surface area (Å²) in [5.41, 5.74) is 6.06. The molecule has 1 aromatic carbocycles. The Balaban J connectivity index is 2.55. The highest BCUT2D eigenvalue weighted by Gasteiger charge is 2.09. The Hall–Kier alpha value is -1.75. The van der Waals surface area contributed by atoms with Gasteiger partial charge in [-0.2, -0.15) is 0 Å². The highest BCUT2D eigenvalue weighted by atomic mass is 16.3. The second-order valence-corrected chi connectivity index (χ2v) is 3.96. The van der Waals surface area contributed by atoms with Gasteiger partial charge >= 0.3 is 0 Å². The number of rotatable bonds is 5. The van der Waals surface area contributed by atoms with E-state index in [9.17, 15) is 9.90 Å². The second kappa shape index (κ2) is 6.10. The first kappa shape index (κ1) is 13.3. The number of hydrogen-bond acceptors (Lipinski definition) is 4. The van der Waals surface area contributed by atoms with Crippen molar-refractivity contribution in [2.24, 2.45) is 5.73 Å². The third kappa shape index (κ3) is 3.96. The molecule has 5 N–H and O–H groups in total. The molecule has 0 saturated heterocycles. The summed E-state index contributed by atoms with van der Waals surface area (Å²) in [6.45, 7) is 2.42. The maximum Gasteiger partial charge on any atom is 0.251 e. The SMILES string of the molecule is CCCC(N)CNC(=O)c1ccc(O)c(O)c1. The Bertz CT molecular complexity index is 393. The first-order valence-corrected chi connectivity index (χ1v) is 5.60. The first-order chi connectivity index (χ1) is 8.04. The molecule has 94 valence electrons. The molecule has 1 unspecified atom stereocenters. The molecule has 0 saturated carbocycles. The summed E-state index contributed by atoms with van der Waals surface area (Å²) >= 11 is 0. The van der Waals surface area contributed by atoms with Crippen LogP contribution in [0.15, 0.2) is 18.2 Å². The molecule has 5 heteroatoms. The van der Waals surface area contributed by atoms with E-state index in [4.69, 9.17) is 10.8 Å². The number of nitrogens with one attached hydrogen (secondary N) is 1. The van der Waals surface area contributed by atoms with Gasteiger partial charge in [-0.1, -0.05) is 13.3 Å². The van der Waals surface area contributed by atoms with Crippen LogP contribution in [0, 0.1) is 0 Å². The topological polar surface area (TPSA) is 95.6 Å². The van der Waals surface area contributed by atoms with Crippen LogP contribution >= 0.6 is 0 Å². The zero-order chi connectivity index (χ0) is 12.8. The standard InChI is InChI=1S/C12H18N2O3/c1-2-3-9(13)7-14-12(17)8-4-5-10(15)11(16)6-8/h4-6,9,15-16H,2-3,7,13H2,1H3,(H,14,17). The van der Waals surface area contributed by atoms with E-state index in [-0.39, 0.29) is 23.4 Å². The van der Waals surface area contributed by atoms with Crippen molar-refractivity contribution in [1.82, 2.24) is 5.32 Å². The van der Waals surface area contributed by atoms with Crippen molar-refractivity contribution in [2.45, 2.75) is 25.8 Å². The van der Waals surface area contributed by atoms with Gasteiger partial charge in [-0.3, -0.25) is 4.79 Å². The lowest BCUT2D eigenvalue weighted by molar-refractivity contribution is 0.0950. The van der Waals surface area contributed by atoms with Gasteiger partial charge in [0.15, 0.2) is 11.5 Å². The highest BCUT2D eigenvalue weighted by Crippen LogP contribution is 2.24. The maximum absolute atomic E-state index is 11.7. The van der Waals surface area contributed by atoms with Gasteiger partial charge < -0.3 is 21.3 Å². The Morgan fingerprint density at radius 2 is 2.12 bits per heavy atom. The van der Waals surface area contributed by atoms with Crippen molar-refractivity contribution in [1.29, 1.82) is 0 Å². The lowest BCUT2D eigenvalue weighted by Crippen LogP contribution is -2.37. The van der Waals surface area contributed by atoms with Gasteiger partial charge in [0.25, 0.3) is 5.91 Å². The van der Waals surface area contributed by atoms with E-state index in [0.29, 0.717) is 12.1 Å². The van der Waals surface area contributed by atoms with E-state index >= 15 is 0 Å². The zero-order valence-electron chi connectivity index (χ0n) is 9.81. The first-order valence-electron chi connectivity index (χ1n) is 5.60. The van der Waals surface area contributed by atoms with Gasteiger partial charge in [-0.25, -0.2) is 0 Å². The zero-order valence-corrected chi connectivity index (χ0v) is 9.81. The average Bonchev–Trinajstić information content (AvgIpc) is 2.30. The van der Waals surface area contributed by atoms with Crippen molar-refractivity contribution in [3.05, 3.63) is 23.8 Å². The minimum atomic E-state index is -0.313. The molecule has 0 bridgehead atoms. The number of phenolic OH excluding ortho intramolecular Hbond substituents is 2. The van der Waals surface area contributed by atoms with Crippen LogP contribution in [-0.4, -0.2) is 28.7 Å². The van der Waals surface area contributed by atoms with E-state index in [2.05, 4.69) is 5.32 Å². The van der Waals surface area contributed by atoms with Gasteiger partial charge in [0.05, 0.1) is 0 Å². The Labute approximate surface area is 100 Å². The van der Waals surface area contributed by atoms with Crippen LogP contribution < -0.4 is 11.1 Å². The van der Waals surface area contributed by atoms with Crippen LogP contribution in [0.25, 0.3) is 0 Å². The van der Waals surface area contributed by atoms with Crippen LogP contribution in [-0.2, 0) is 0 Å². The minimum absolute atomic E-state index is 0.0605. The molecular formula is C12H18N2O3. The third-order valence-electron chi connectivity index (χ3n) is 2.42. The molecular weight excluding hydrogens is 220 g/mol. The highest BCUT2D eigenvalue weighted by molar-refractivity contribution is 5.94. The number of hydrogen-bond donors (Lipinski definition) is 4. The normalized spacial score (nSPS) is 12.1. The number of benzene rings is 1. The summed E-state index contributed by atoms with van der Waals surface area (Å²) < 4.78 is 0. The van der Waals surface area contributed by atoms with E-state index in [1.807, 2.05) is 6.92 Å². The van der Waals surface area contributed by atoms with E-state index in [0.717, 1.165) is 12.8 Å². The third-order valence-corrected chi connectivity index (χ3v) is 2.42. The van der Waals surface area contributed by atoms with Gasteiger partial charge in [-0.15, -0.1) is 0 Å². The van der Waals surface area contributed by atoms with Gasteiger partial charge in [0, 0.05) is 18.2 Å². The number of carbonyl (C=O) groups excluding carboxylic acids is 1. The summed E-state index contributed by atoms with van der Waals surface area (Å²) in [6.07, 6.45) is 1.82. The molecule has 0 radical (unpaired) electrons. The van der Waals surface area contributed by atoms with Crippen LogP contribution in [0.4, 0.5) is 0 Å². The number of nitrogens with two attached hydrogens (primary N) is 1. The number of carbonyl (C=O) groups is 1. The van der Waals surface area contributed by atoms with Crippen molar-refractivity contribution < 1.29 is 15.0 Å². The van der Waals surface area contributed by atoms with Crippen molar-refractivity contribution in [2.75, 3.05) is 6.54 Å². The minimum Gasteiger partial charge on any atom is -0.504 e. The van der Waals surface area contributed by atoms with Gasteiger partial charge in [0.2, 0.25) is 0 Å². The van der Waals surface area contributed by atoms with Crippen molar-refractivity contribution in [3.8, 4) is 11.5 Å². The van der Waals surface area contributed by atoms with Gasteiger partial charge in [-0.05, 0) is 24.6 Å². The monoisotopic (exact) mass is 238 g/mol. The summed E-state index contributed by atoms with van der Waals surface area (Å²) in [5.74, 6) is -0.869. The number of aromatic hydroxyl groups is 2.